The number of rotatable bonds is 3. The number of nitrogens with one attached hydrogen (secondary N) is 1. The van der Waals surface area contributed by atoms with Crippen molar-refractivity contribution in [2.45, 2.75) is 44.2 Å². The average Bonchev–Trinajstić information content (AvgIpc) is 3.20. The van der Waals surface area contributed by atoms with Crippen LogP contribution >= 0.6 is 0 Å². The van der Waals surface area contributed by atoms with Crippen LogP contribution < -0.4 is 0 Å². The van der Waals surface area contributed by atoms with E-state index < -0.39 is 0 Å². The molecule has 1 saturated heterocycles. The minimum absolute atomic E-state index is 0.104. The zero-order valence-electron chi connectivity index (χ0n) is 16.8. The second-order valence-corrected chi connectivity index (χ2v) is 8.52. The summed E-state index contributed by atoms with van der Waals surface area (Å²) in [6, 6.07) is 14.6. The van der Waals surface area contributed by atoms with Gasteiger partial charge in [-0.05, 0) is 30.5 Å². The fourth-order valence-electron chi connectivity index (χ4n) is 5.22. The lowest BCUT2D eigenvalue weighted by atomic mass is 9.78. The number of carbonyl (C=O) groups excluding carboxylic acids is 1. The smallest absolute Gasteiger partial charge is 0.256 e. The van der Waals surface area contributed by atoms with E-state index in [0.717, 1.165) is 42.8 Å². The lowest BCUT2D eigenvalue weighted by Gasteiger charge is -2.53. The third kappa shape index (κ3) is 3.44. The number of pyridine rings is 1. The molecule has 1 amide bonds. The number of carbonyl (C=O) groups is 1. The van der Waals surface area contributed by atoms with Crippen molar-refractivity contribution in [2.24, 2.45) is 0 Å². The quantitative estimate of drug-likeness (QED) is 0.731. The van der Waals surface area contributed by atoms with Crippen molar-refractivity contribution < 1.29 is 4.79 Å². The number of amides is 1. The molecule has 5 rings (SSSR count). The topological polar surface area (TPSA) is 52.2 Å². The van der Waals surface area contributed by atoms with Gasteiger partial charge in [-0.1, -0.05) is 49.6 Å². The number of piperazine rings is 1. The molecule has 5 heteroatoms. The number of aromatic amines is 1. The Morgan fingerprint density at radius 1 is 1.03 bits per heavy atom. The molecule has 2 aromatic heterocycles. The van der Waals surface area contributed by atoms with E-state index in [1.54, 1.807) is 6.20 Å². The van der Waals surface area contributed by atoms with Crippen LogP contribution in [0.3, 0.4) is 0 Å². The Morgan fingerprint density at radius 2 is 1.86 bits per heavy atom. The molecule has 150 valence electrons. The Bertz CT molecular complexity index is 990. The van der Waals surface area contributed by atoms with Gasteiger partial charge < -0.3 is 9.88 Å². The molecule has 1 aliphatic heterocycles. The number of aromatic nitrogens is 2. The van der Waals surface area contributed by atoms with Gasteiger partial charge in [0.05, 0.1) is 5.56 Å². The van der Waals surface area contributed by atoms with Gasteiger partial charge in [0.1, 0.15) is 5.65 Å². The van der Waals surface area contributed by atoms with Crippen LogP contribution in [0.15, 0.2) is 54.9 Å². The van der Waals surface area contributed by atoms with E-state index in [1.807, 2.05) is 18.3 Å². The van der Waals surface area contributed by atoms with Crippen molar-refractivity contribution in [1.29, 1.82) is 0 Å². The molecule has 1 spiro atoms. The zero-order valence-corrected chi connectivity index (χ0v) is 16.8. The predicted molar refractivity (Wildman–Crippen MR) is 115 cm³/mol. The van der Waals surface area contributed by atoms with Crippen molar-refractivity contribution in [3.05, 3.63) is 66.0 Å². The maximum atomic E-state index is 13.4. The Hall–Kier alpha value is -2.66. The molecular formula is C24H28N4O. The van der Waals surface area contributed by atoms with E-state index >= 15 is 0 Å². The zero-order chi connectivity index (χ0) is 19.7. The lowest BCUT2D eigenvalue weighted by molar-refractivity contribution is -0.0252. The van der Waals surface area contributed by atoms with Crippen LogP contribution in [0.2, 0.25) is 0 Å². The predicted octanol–water partition coefficient (Wildman–Crippen LogP) is 4.22. The second-order valence-electron chi connectivity index (χ2n) is 8.52. The second kappa shape index (κ2) is 7.64. The number of hydrogen-bond donors (Lipinski definition) is 1. The first-order chi connectivity index (χ1) is 14.3. The van der Waals surface area contributed by atoms with E-state index in [2.05, 4.69) is 50.1 Å². The molecule has 1 saturated carbocycles. The highest BCUT2D eigenvalue weighted by Crippen LogP contribution is 2.38. The molecule has 2 aliphatic rings. The molecule has 1 aromatic carbocycles. The largest absolute Gasteiger partial charge is 0.345 e. The SMILES string of the molecule is O=C(c1c[nH]c2ncccc12)N1CCN(Cc2ccccc2)C2(CCCCC2)C1. The van der Waals surface area contributed by atoms with Gasteiger partial charge in [0.2, 0.25) is 0 Å². The molecule has 0 bridgehead atoms. The fraction of sp³-hybridized carbons (Fsp3) is 0.417. The van der Waals surface area contributed by atoms with Crippen molar-refractivity contribution >= 4 is 16.9 Å². The summed E-state index contributed by atoms with van der Waals surface area (Å²) < 4.78 is 0. The first-order valence-corrected chi connectivity index (χ1v) is 10.8. The van der Waals surface area contributed by atoms with Crippen LogP contribution in [-0.2, 0) is 6.54 Å². The molecule has 3 aromatic rings. The number of benzene rings is 1. The Kier molecular flexibility index (Phi) is 4.84. The standard InChI is InChI=1S/C24H28N4O/c29-23(21-16-26-22-20(21)10-7-13-25-22)27-14-15-28(17-19-8-3-1-4-9-19)24(18-27)11-5-2-6-12-24/h1,3-4,7-10,13,16H,2,5-6,11-12,14-15,17-18H2,(H,25,26). The van der Waals surface area contributed by atoms with E-state index in [4.69, 9.17) is 0 Å². The van der Waals surface area contributed by atoms with Crippen LogP contribution in [-0.4, -0.2) is 50.8 Å². The summed E-state index contributed by atoms with van der Waals surface area (Å²) in [4.78, 5) is 25.7. The first kappa shape index (κ1) is 18.4. The van der Waals surface area contributed by atoms with Gasteiger partial charge >= 0.3 is 0 Å². The molecule has 1 aliphatic carbocycles. The van der Waals surface area contributed by atoms with Gasteiger partial charge in [-0.3, -0.25) is 9.69 Å². The molecule has 2 fully saturated rings. The van der Waals surface area contributed by atoms with Gasteiger partial charge in [-0.2, -0.15) is 0 Å². The maximum Gasteiger partial charge on any atom is 0.256 e. The highest BCUT2D eigenvalue weighted by Gasteiger charge is 2.43. The van der Waals surface area contributed by atoms with Crippen LogP contribution in [0.5, 0.6) is 0 Å². The Balaban J connectivity index is 1.40. The third-order valence-corrected chi connectivity index (χ3v) is 6.77. The summed E-state index contributed by atoms with van der Waals surface area (Å²) in [5, 5.41) is 0.918. The average molecular weight is 389 g/mol. The number of H-pyrrole nitrogens is 1. The van der Waals surface area contributed by atoms with Gasteiger partial charge in [0.15, 0.2) is 0 Å². The van der Waals surface area contributed by atoms with Gasteiger partial charge in [0, 0.05) is 49.5 Å². The van der Waals surface area contributed by atoms with Crippen molar-refractivity contribution in [2.75, 3.05) is 19.6 Å². The van der Waals surface area contributed by atoms with Crippen LogP contribution in [0.25, 0.3) is 11.0 Å². The van der Waals surface area contributed by atoms with Crippen molar-refractivity contribution in [3.8, 4) is 0 Å². The van der Waals surface area contributed by atoms with Gasteiger partial charge in [-0.25, -0.2) is 4.98 Å². The summed E-state index contributed by atoms with van der Waals surface area (Å²) in [6.45, 7) is 3.51. The summed E-state index contributed by atoms with van der Waals surface area (Å²) in [7, 11) is 0. The lowest BCUT2D eigenvalue weighted by Crippen LogP contribution is -2.63. The minimum atomic E-state index is 0.104. The fourth-order valence-corrected chi connectivity index (χ4v) is 5.22. The van der Waals surface area contributed by atoms with Crippen LogP contribution in [0, 0.1) is 0 Å². The molecule has 0 unspecified atom stereocenters. The molecule has 29 heavy (non-hydrogen) atoms. The number of hydrogen-bond acceptors (Lipinski definition) is 3. The van der Waals surface area contributed by atoms with Crippen molar-refractivity contribution in [1.82, 2.24) is 19.8 Å². The van der Waals surface area contributed by atoms with Crippen LogP contribution in [0.1, 0.15) is 48.0 Å². The Labute approximate surface area is 171 Å². The molecule has 3 heterocycles. The summed E-state index contributed by atoms with van der Waals surface area (Å²) in [6.07, 6.45) is 9.76. The van der Waals surface area contributed by atoms with E-state index in [1.165, 1.54) is 37.7 Å². The number of fused-ring (bicyclic) bond motifs is 1. The summed E-state index contributed by atoms with van der Waals surface area (Å²) in [5.41, 5.74) is 2.99. The van der Waals surface area contributed by atoms with Gasteiger partial charge in [-0.15, -0.1) is 0 Å². The Morgan fingerprint density at radius 3 is 2.69 bits per heavy atom. The summed E-state index contributed by atoms with van der Waals surface area (Å²) in [5.74, 6) is 0.133. The van der Waals surface area contributed by atoms with Crippen molar-refractivity contribution in [3.63, 3.8) is 0 Å². The molecule has 1 N–H and O–H groups in total. The third-order valence-electron chi connectivity index (χ3n) is 6.77. The van der Waals surface area contributed by atoms with E-state index in [-0.39, 0.29) is 11.4 Å². The van der Waals surface area contributed by atoms with E-state index in [9.17, 15) is 4.79 Å². The molecule has 5 nitrogen and oxygen atoms in total. The monoisotopic (exact) mass is 388 g/mol. The summed E-state index contributed by atoms with van der Waals surface area (Å²) >= 11 is 0. The van der Waals surface area contributed by atoms with Gasteiger partial charge in [0.25, 0.3) is 5.91 Å². The normalized spacial score (nSPS) is 19.7. The highest BCUT2D eigenvalue weighted by molar-refractivity contribution is 6.05. The van der Waals surface area contributed by atoms with E-state index in [0.29, 0.717) is 0 Å². The first-order valence-electron chi connectivity index (χ1n) is 10.8. The minimum Gasteiger partial charge on any atom is -0.345 e. The maximum absolute atomic E-state index is 13.4. The van der Waals surface area contributed by atoms with Crippen LogP contribution in [0.4, 0.5) is 0 Å². The molecular weight excluding hydrogens is 360 g/mol. The molecule has 0 atom stereocenters. The number of nitrogens with zero attached hydrogens (tertiary/aromatic N) is 3. The highest BCUT2D eigenvalue weighted by atomic mass is 16.2. The molecule has 0 radical (unpaired) electrons.